The van der Waals surface area contributed by atoms with E-state index in [2.05, 4.69) is 15.4 Å². The number of amides is 1. The number of piperidine rings is 1. The Morgan fingerprint density at radius 2 is 1.75 bits per heavy atom. The molecule has 250 valence electrons. The first-order valence-corrected chi connectivity index (χ1v) is 16.8. The lowest BCUT2D eigenvalue weighted by Gasteiger charge is -2.39. The van der Waals surface area contributed by atoms with Crippen molar-refractivity contribution < 1.29 is 37.0 Å². The molecule has 0 saturated carbocycles. The standard InChI is InChI=1S/C27H44Cl2N6O8S/c1-5-40-23(41-6-2)16-33-26(31)32-11-8-9-21(34-44(38,39)18-14-19(28)24(30)20(29)15-18)25(36)35-12-10-17(4)13-22(35)43-27(37)42-7-3/h14-15,17,21-23,34H,5-13,16,30H2,1-4H3,(H3,31,32,33)/t17-,21+,22-/m1/s1. The number of hydrogen-bond donors (Lipinski definition) is 5. The highest BCUT2D eigenvalue weighted by molar-refractivity contribution is 7.89. The van der Waals surface area contributed by atoms with Gasteiger partial charge in [0.2, 0.25) is 15.9 Å². The van der Waals surface area contributed by atoms with Gasteiger partial charge >= 0.3 is 6.16 Å². The van der Waals surface area contributed by atoms with Crippen molar-refractivity contribution in [2.45, 2.75) is 76.8 Å². The zero-order valence-corrected chi connectivity index (χ0v) is 27.8. The van der Waals surface area contributed by atoms with Gasteiger partial charge in [0.1, 0.15) is 6.04 Å². The van der Waals surface area contributed by atoms with E-state index >= 15 is 0 Å². The number of anilines is 1. The molecule has 6 N–H and O–H groups in total. The summed E-state index contributed by atoms with van der Waals surface area (Å²) in [7, 11) is -4.30. The first kappa shape index (κ1) is 37.6. The molecule has 0 bridgehead atoms. The van der Waals surface area contributed by atoms with Gasteiger partial charge in [-0.25, -0.2) is 13.2 Å². The molecule has 1 amide bonds. The zero-order chi connectivity index (χ0) is 32.9. The van der Waals surface area contributed by atoms with Crippen molar-refractivity contribution in [1.29, 1.82) is 5.41 Å². The summed E-state index contributed by atoms with van der Waals surface area (Å²) in [5.74, 6) is -0.413. The summed E-state index contributed by atoms with van der Waals surface area (Å²) in [5.41, 5.74) is 5.79. The largest absolute Gasteiger partial charge is 0.510 e. The Hall–Kier alpha value is -2.56. The van der Waals surface area contributed by atoms with Gasteiger partial charge in [0.05, 0.1) is 33.8 Å². The molecule has 1 aliphatic heterocycles. The molecule has 1 aromatic carbocycles. The molecule has 1 fully saturated rings. The Labute approximate surface area is 269 Å². The average Bonchev–Trinajstić information content (AvgIpc) is 2.96. The van der Waals surface area contributed by atoms with Gasteiger partial charge < -0.3 is 40.2 Å². The van der Waals surface area contributed by atoms with E-state index in [4.69, 9.17) is 53.3 Å². The molecule has 17 heteroatoms. The summed E-state index contributed by atoms with van der Waals surface area (Å²) < 4.78 is 50.5. The van der Waals surface area contributed by atoms with Crippen LogP contribution in [0, 0.1) is 11.3 Å². The van der Waals surface area contributed by atoms with Gasteiger partial charge in [0, 0.05) is 32.7 Å². The van der Waals surface area contributed by atoms with E-state index in [0.29, 0.717) is 32.5 Å². The van der Waals surface area contributed by atoms with E-state index in [9.17, 15) is 18.0 Å². The van der Waals surface area contributed by atoms with Gasteiger partial charge in [0.15, 0.2) is 18.5 Å². The Bertz CT molecular complexity index is 1200. The summed E-state index contributed by atoms with van der Waals surface area (Å²) in [4.78, 5) is 27.1. The molecule has 0 aromatic heterocycles. The number of halogens is 2. The molecule has 14 nitrogen and oxygen atoms in total. The number of ether oxygens (including phenoxy) is 4. The first-order valence-electron chi connectivity index (χ1n) is 14.5. The predicted octanol–water partition coefficient (Wildman–Crippen LogP) is 3.27. The van der Waals surface area contributed by atoms with Gasteiger partial charge in [-0.2, -0.15) is 4.72 Å². The molecule has 0 radical (unpaired) electrons. The normalized spacial score (nSPS) is 17.7. The number of rotatable bonds is 16. The summed E-state index contributed by atoms with van der Waals surface area (Å²) in [5, 5.41) is 13.8. The Morgan fingerprint density at radius 1 is 1.11 bits per heavy atom. The van der Waals surface area contributed by atoms with Gasteiger partial charge in [-0.05, 0) is 58.1 Å². The summed E-state index contributed by atoms with van der Waals surface area (Å²) in [6.07, 6.45) is -1.03. The van der Waals surface area contributed by atoms with Crippen LogP contribution in [-0.4, -0.2) is 89.4 Å². The lowest BCUT2D eigenvalue weighted by molar-refractivity contribution is -0.150. The average molecular weight is 684 g/mol. The second-order valence-corrected chi connectivity index (χ2v) is 12.6. The second-order valence-electron chi connectivity index (χ2n) is 10.1. The highest BCUT2D eigenvalue weighted by atomic mass is 35.5. The minimum atomic E-state index is -4.30. The van der Waals surface area contributed by atoms with Crippen molar-refractivity contribution in [2.75, 3.05) is 45.2 Å². The van der Waals surface area contributed by atoms with E-state index in [0.717, 1.165) is 12.1 Å². The number of carbonyl (C=O) groups excluding carboxylic acids is 2. The van der Waals surface area contributed by atoms with Crippen LogP contribution in [0.5, 0.6) is 0 Å². The SMILES string of the molecule is CCOC(=O)O[C@@H]1C[C@H](C)CCN1C(=O)[C@H](CCCNC(=N)NCC(OCC)OCC)NS(=O)(=O)c1cc(Cl)c(N)c(Cl)c1. The molecule has 1 aromatic rings. The van der Waals surface area contributed by atoms with Crippen molar-refractivity contribution >= 4 is 56.9 Å². The van der Waals surface area contributed by atoms with Crippen molar-refractivity contribution in [3.05, 3.63) is 22.2 Å². The van der Waals surface area contributed by atoms with E-state index in [1.807, 2.05) is 20.8 Å². The summed E-state index contributed by atoms with van der Waals surface area (Å²) in [6, 6.07) is 1.05. The van der Waals surface area contributed by atoms with Crippen molar-refractivity contribution in [1.82, 2.24) is 20.3 Å². The second kappa shape index (κ2) is 18.4. The minimum Gasteiger partial charge on any atom is -0.435 e. The summed E-state index contributed by atoms with van der Waals surface area (Å²) >= 11 is 12.2. The molecule has 1 aliphatic rings. The molecule has 1 heterocycles. The lowest BCUT2D eigenvalue weighted by atomic mass is 9.96. The molecule has 0 spiro atoms. The molecule has 1 saturated heterocycles. The lowest BCUT2D eigenvalue weighted by Crippen LogP contribution is -2.55. The topological polar surface area (TPSA) is 194 Å². The van der Waals surface area contributed by atoms with Gasteiger partial charge in [-0.3, -0.25) is 10.2 Å². The quantitative estimate of drug-likeness (QED) is 0.0429. The highest BCUT2D eigenvalue weighted by Crippen LogP contribution is 2.31. The van der Waals surface area contributed by atoms with E-state index in [-0.39, 0.29) is 65.2 Å². The van der Waals surface area contributed by atoms with Crippen molar-refractivity contribution in [3.8, 4) is 0 Å². The third-order valence-corrected chi connectivity index (χ3v) is 8.75. The predicted molar refractivity (Wildman–Crippen MR) is 167 cm³/mol. The van der Waals surface area contributed by atoms with Gasteiger partial charge in [-0.15, -0.1) is 0 Å². The number of nitrogens with zero attached hydrogens (tertiary/aromatic N) is 1. The van der Waals surface area contributed by atoms with Crippen LogP contribution in [0.2, 0.25) is 10.0 Å². The molecule has 44 heavy (non-hydrogen) atoms. The number of benzene rings is 1. The molecule has 3 atom stereocenters. The van der Waals surface area contributed by atoms with Crippen LogP contribution in [0.1, 0.15) is 53.4 Å². The van der Waals surface area contributed by atoms with Crippen LogP contribution in [0.3, 0.4) is 0 Å². The fraction of sp³-hybridized carbons (Fsp3) is 0.667. The van der Waals surface area contributed by atoms with Crippen molar-refractivity contribution in [2.24, 2.45) is 5.92 Å². The molecular formula is C27H44Cl2N6O8S. The zero-order valence-electron chi connectivity index (χ0n) is 25.5. The molecule has 0 unspecified atom stereocenters. The molecular weight excluding hydrogens is 639 g/mol. The van der Waals surface area contributed by atoms with E-state index < -0.39 is 40.6 Å². The minimum absolute atomic E-state index is 0.0111. The number of nitrogens with two attached hydrogens (primary N) is 1. The van der Waals surface area contributed by atoms with Crippen LogP contribution in [0.25, 0.3) is 0 Å². The van der Waals surface area contributed by atoms with Crippen LogP contribution in [0.15, 0.2) is 17.0 Å². The molecule has 2 rings (SSSR count). The Balaban J connectivity index is 2.19. The van der Waals surface area contributed by atoms with Crippen LogP contribution in [0.4, 0.5) is 10.5 Å². The number of carbonyl (C=O) groups is 2. The number of nitrogen functional groups attached to an aromatic ring is 1. The molecule has 0 aliphatic carbocycles. The Morgan fingerprint density at radius 3 is 2.34 bits per heavy atom. The number of guanidine groups is 1. The maximum atomic E-state index is 13.9. The number of likely N-dealkylation sites (tertiary alicyclic amines) is 1. The maximum Gasteiger partial charge on any atom is 0.510 e. The van der Waals surface area contributed by atoms with Crippen LogP contribution in [-0.2, 0) is 33.8 Å². The van der Waals surface area contributed by atoms with Crippen LogP contribution < -0.4 is 21.1 Å². The number of nitrogens with one attached hydrogen (secondary N) is 4. The van der Waals surface area contributed by atoms with Crippen LogP contribution >= 0.6 is 23.2 Å². The summed E-state index contributed by atoms with van der Waals surface area (Å²) in [6.45, 7) is 9.02. The van der Waals surface area contributed by atoms with E-state index in [1.54, 1.807) is 6.92 Å². The number of sulfonamides is 1. The third-order valence-electron chi connectivity index (χ3n) is 6.67. The fourth-order valence-electron chi connectivity index (χ4n) is 4.43. The smallest absolute Gasteiger partial charge is 0.435 e. The van der Waals surface area contributed by atoms with Gasteiger partial charge in [-0.1, -0.05) is 30.1 Å². The third kappa shape index (κ3) is 11.7. The van der Waals surface area contributed by atoms with Crippen molar-refractivity contribution in [3.63, 3.8) is 0 Å². The highest BCUT2D eigenvalue weighted by Gasteiger charge is 2.38. The fourth-order valence-corrected chi connectivity index (χ4v) is 6.32. The Kier molecular flexibility index (Phi) is 15.8. The number of hydrogen-bond acceptors (Lipinski definition) is 10. The van der Waals surface area contributed by atoms with Gasteiger partial charge in [0.25, 0.3) is 0 Å². The first-order chi connectivity index (χ1) is 20.8. The van der Waals surface area contributed by atoms with E-state index in [1.165, 1.54) is 4.90 Å². The maximum absolute atomic E-state index is 13.9. The monoisotopic (exact) mass is 682 g/mol.